The number of hydrogen-bond acceptors (Lipinski definition) is 5. The summed E-state index contributed by atoms with van der Waals surface area (Å²) in [6.07, 6.45) is 0. The number of rotatable bonds is 7. The van der Waals surface area contributed by atoms with Crippen molar-refractivity contribution >= 4 is 38.5 Å². The van der Waals surface area contributed by atoms with Crippen LogP contribution in [0.4, 0.5) is 17.1 Å². The molecule has 3 rings (SSSR count). The van der Waals surface area contributed by atoms with E-state index in [2.05, 4.69) is 10.6 Å². The highest BCUT2D eigenvalue weighted by Gasteiger charge is 2.23. The summed E-state index contributed by atoms with van der Waals surface area (Å²) in [6.45, 7) is 1.79. The van der Waals surface area contributed by atoms with Crippen LogP contribution in [0, 0.1) is 0 Å². The van der Waals surface area contributed by atoms with Gasteiger partial charge in [-0.2, -0.15) is 0 Å². The lowest BCUT2D eigenvalue weighted by Crippen LogP contribution is -2.26. The van der Waals surface area contributed by atoms with E-state index in [1.807, 2.05) is 30.3 Å². The molecule has 0 bridgehead atoms. The fourth-order valence-electron chi connectivity index (χ4n) is 2.68. The van der Waals surface area contributed by atoms with E-state index < -0.39 is 15.1 Å². The number of hydrogen-bond donors (Lipinski definition) is 3. The zero-order chi connectivity index (χ0) is 20.1. The Morgan fingerprint density at radius 2 is 1.57 bits per heavy atom. The Hall–Kier alpha value is -2.70. The third kappa shape index (κ3) is 4.58. The van der Waals surface area contributed by atoms with Crippen LogP contribution in [-0.4, -0.2) is 25.3 Å². The summed E-state index contributed by atoms with van der Waals surface area (Å²) in [5, 5.41) is 16.1. The summed E-state index contributed by atoms with van der Waals surface area (Å²) >= 11 is 6.32. The van der Waals surface area contributed by atoms with Crippen LogP contribution in [0.2, 0.25) is 5.02 Å². The van der Waals surface area contributed by atoms with E-state index in [9.17, 15) is 13.5 Å². The SMILES string of the molecule is CC(CNc1cc(O)c(Nc2ccccc2)cc1Cl)S(=O)(=O)c1ccccc1. The van der Waals surface area contributed by atoms with Gasteiger partial charge in [-0.15, -0.1) is 0 Å². The molecule has 7 heteroatoms. The molecule has 0 aromatic heterocycles. The van der Waals surface area contributed by atoms with Gasteiger partial charge in [0.05, 0.1) is 26.5 Å². The van der Waals surface area contributed by atoms with Gasteiger partial charge in [-0.3, -0.25) is 0 Å². The smallest absolute Gasteiger partial charge is 0.182 e. The van der Waals surface area contributed by atoms with Crippen LogP contribution in [0.15, 0.2) is 77.7 Å². The number of aromatic hydroxyl groups is 1. The van der Waals surface area contributed by atoms with Gasteiger partial charge < -0.3 is 15.7 Å². The molecule has 0 aliphatic rings. The molecule has 28 heavy (non-hydrogen) atoms. The van der Waals surface area contributed by atoms with Gasteiger partial charge in [0.1, 0.15) is 5.75 Å². The van der Waals surface area contributed by atoms with Crippen molar-refractivity contribution in [2.45, 2.75) is 17.1 Å². The second kappa shape index (κ2) is 8.54. The van der Waals surface area contributed by atoms with E-state index >= 15 is 0 Å². The molecule has 3 aromatic rings. The number of benzene rings is 3. The molecule has 0 heterocycles. The first-order valence-electron chi connectivity index (χ1n) is 8.75. The number of phenols is 1. The Morgan fingerprint density at radius 1 is 0.964 bits per heavy atom. The van der Waals surface area contributed by atoms with Gasteiger partial charge >= 0.3 is 0 Å². The first kappa shape index (κ1) is 20.0. The minimum absolute atomic E-state index is 0.00863. The van der Waals surface area contributed by atoms with Gasteiger partial charge in [-0.1, -0.05) is 48.0 Å². The molecule has 1 unspecified atom stereocenters. The summed E-state index contributed by atoms with van der Waals surface area (Å²) in [5.74, 6) is 0.00863. The molecule has 0 aliphatic carbocycles. The van der Waals surface area contributed by atoms with Crippen LogP contribution in [0.1, 0.15) is 6.92 Å². The standard InChI is InChI=1S/C21H21ClN2O3S/c1-15(28(26,27)17-10-6-3-7-11-17)14-23-19-13-21(25)20(12-18(19)22)24-16-8-4-2-5-9-16/h2-13,15,23-25H,14H2,1H3. The van der Waals surface area contributed by atoms with Crippen LogP contribution in [0.5, 0.6) is 5.75 Å². The first-order chi connectivity index (χ1) is 13.4. The molecule has 0 aliphatic heterocycles. The van der Waals surface area contributed by atoms with E-state index in [0.717, 1.165) is 5.69 Å². The van der Waals surface area contributed by atoms with Gasteiger partial charge in [-0.05, 0) is 37.3 Å². The molecule has 3 aromatic carbocycles. The molecule has 0 amide bonds. The molecule has 5 nitrogen and oxygen atoms in total. The fourth-order valence-corrected chi connectivity index (χ4v) is 4.21. The largest absolute Gasteiger partial charge is 0.506 e. The number of para-hydroxylation sites is 1. The monoisotopic (exact) mass is 416 g/mol. The van der Waals surface area contributed by atoms with E-state index in [0.29, 0.717) is 16.4 Å². The summed E-state index contributed by atoms with van der Waals surface area (Å²) in [4.78, 5) is 0.278. The predicted octanol–water partition coefficient (Wildman–Crippen LogP) is 5.06. The highest BCUT2D eigenvalue weighted by molar-refractivity contribution is 7.92. The van der Waals surface area contributed by atoms with Crippen LogP contribution in [-0.2, 0) is 9.84 Å². The zero-order valence-corrected chi connectivity index (χ0v) is 16.8. The topological polar surface area (TPSA) is 78.4 Å². The Labute approximate surface area is 169 Å². The van der Waals surface area contributed by atoms with Crippen LogP contribution in [0.25, 0.3) is 0 Å². The molecule has 0 radical (unpaired) electrons. The minimum Gasteiger partial charge on any atom is -0.506 e. The Morgan fingerprint density at radius 3 is 2.21 bits per heavy atom. The van der Waals surface area contributed by atoms with Gasteiger partial charge in [0.25, 0.3) is 0 Å². The molecule has 0 spiro atoms. The van der Waals surface area contributed by atoms with E-state index in [1.165, 1.54) is 6.07 Å². The van der Waals surface area contributed by atoms with E-state index in [4.69, 9.17) is 11.6 Å². The quantitative estimate of drug-likeness (QED) is 0.469. The molecule has 1 atom stereocenters. The van der Waals surface area contributed by atoms with Gasteiger partial charge in [0.15, 0.2) is 9.84 Å². The van der Waals surface area contributed by atoms with Gasteiger partial charge in [-0.25, -0.2) is 8.42 Å². The molecule has 3 N–H and O–H groups in total. The van der Waals surface area contributed by atoms with Crippen molar-refractivity contribution in [3.63, 3.8) is 0 Å². The lowest BCUT2D eigenvalue weighted by Gasteiger charge is -2.17. The van der Waals surface area contributed by atoms with Crippen molar-refractivity contribution in [3.05, 3.63) is 77.8 Å². The number of sulfone groups is 1. The zero-order valence-electron chi connectivity index (χ0n) is 15.3. The van der Waals surface area contributed by atoms with Crippen LogP contribution >= 0.6 is 11.6 Å². The number of nitrogens with one attached hydrogen (secondary N) is 2. The Kier molecular flexibility index (Phi) is 6.11. The van der Waals surface area contributed by atoms with Crippen molar-refractivity contribution in [3.8, 4) is 5.75 Å². The van der Waals surface area contributed by atoms with Gasteiger partial charge in [0.2, 0.25) is 0 Å². The summed E-state index contributed by atoms with van der Waals surface area (Å²) < 4.78 is 25.3. The third-order valence-corrected chi connectivity index (χ3v) is 6.79. The Bertz CT molecular complexity index is 1040. The van der Waals surface area contributed by atoms with E-state index in [-0.39, 0.29) is 17.2 Å². The normalized spacial score (nSPS) is 12.4. The summed E-state index contributed by atoms with van der Waals surface area (Å²) in [5.41, 5.74) is 1.75. The molecular formula is C21H21ClN2O3S. The summed E-state index contributed by atoms with van der Waals surface area (Å²) in [7, 11) is -3.46. The van der Waals surface area contributed by atoms with Crippen molar-refractivity contribution in [1.29, 1.82) is 0 Å². The Balaban J connectivity index is 1.72. The van der Waals surface area contributed by atoms with Crippen molar-refractivity contribution < 1.29 is 13.5 Å². The maximum absolute atomic E-state index is 12.6. The fraction of sp³-hybridized carbons (Fsp3) is 0.143. The van der Waals surface area contributed by atoms with Crippen molar-refractivity contribution in [1.82, 2.24) is 0 Å². The van der Waals surface area contributed by atoms with Gasteiger partial charge in [0, 0.05) is 18.3 Å². The lowest BCUT2D eigenvalue weighted by molar-refractivity contribution is 0.478. The summed E-state index contributed by atoms with van der Waals surface area (Å²) in [6, 6.07) is 20.8. The third-order valence-electron chi connectivity index (χ3n) is 4.32. The maximum atomic E-state index is 12.6. The second-order valence-corrected chi connectivity index (χ2v) is 9.16. The van der Waals surface area contributed by atoms with Crippen molar-refractivity contribution in [2.75, 3.05) is 17.2 Å². The van der Waals surface area contributed by atoms with Crippen molar-refractivity contribution in [2.24, 2.45) is 0 Å². The number of phenolic OH excluding ortho intramolecular Hbond substituents is 1. The minimum atomic E-state index is -3.46. The van der Waals surface area contributed by atoms with Crippen LogP contribution < -0.4 is 10.6 Å². The average molecular weight is 417 g/mol. The highest BCUT2D eigenvalue weighted by atomic mass is 35.5. The predicted molar refractivity (Wildman–Crippen MR) is 114 cm³/mol. The van der Waals surface area contributed by atoms with Crippen LogP contribution in [0.3, 0.4) is 0 Å². The maximum Gasteiger partial charge on any atom is 0.182 e. The number of halogens is 1. The van der Waals surface area contributed by atoms with E-state index in [1.54, 1.807) is 43.3 Å². The molecular weight excluding hydrogens is 396 g/mol. The molecule has 146 valence electrons. The highest BCUT2D eigenvalue weighted by Crippen LogP contribution is 2.35. The lowest BCUT2D eigenvalue weighted by atomic mass is 10.2. The second-order valence-electron chi connectivity index (χ2n) is 6.39. The molecule has 0 fully saturated rings. The molecule has 0 saturated carbocycles. The first-order valence-corrected chi connectivity index (χ1v) is 10.7. The average Bonchev–Trinajstić information content (AvgIpc) is 2.70. The molecule has 0 saturated heterocycles. The number of anilines is 3.